The first-order valence-electron chi connectivity index (χ1n) is 8.12. The summed E-state index contributed by atoms with van der Waals surface area (Å²) in [6, 6.07) is 0. The standard InChI is InChI=1S/C16H27NO3/c18-14(12-16(15(19)20)9-5-10-16)17-11-4-3-8-13-6-1-2-7-13/h13H,1-12H2,(H,17,18)(H,19,20). The Morgan fingerprint density at radius 2 is 1.80 bits per heavy atom. The van der Waals surface area contributed by atoms with E-state index in [2.05, 4.69) is 5.32 Å². The van der Waals surface area contributed by atoms with E-state index in [9.17, 15) is 14.7 Å². The monoisotopic (exact) mass is 281 g/mol. The molecule has 20 heavy (non-hydrogen) atoms. The van der Waals surface area contributed by atoms with Gasteiger partial charge < -0.3 is 10.4 Å². The number of hydrogen-bond donors (Lipinski definition) is 2. The molecule has 0 heterocycles. The van der Waals surface area contributed by atoms with E-state index in [1.165, 1.54) is 38.5 Å². The first-order chi connectivity index (χ1) is 9.62. The summed E-state index contributed by atoms with van der Waals surface area (Å²) in [5, 5.41) is 12.1. The molecule has 2 saturated carbocycles. The number of nitrogens with one attached hydrogen (secondary N) is 1. The zero-order chi connectivity index (χ0) is 14.4. The molecule has 2 rings (SSSR count). The van der Waals surface area contributed by atoms with Crippen molar-refractivity contribution in [1.82, 2.24) is 5.32 Å². The molecule has 0 saturated heterocycles. The van der Waals surface area contributed by atoms with Crippen LogP contribution >= 0.6 is 0 Å². The van der Waals surface area contributed by atoms with Gasteiger partial charge in [0.05, 0.1) is 5.41 Å². The third kappa shape index (κ3) is 3.97. The molecule has 2 aliphatic rings. The summed E-state index contributed by atoms with van der Waals surface area (Å²) >= 11 is 0. The van der Waals surface area contributed by atoms with Crippen LogP contribution in [-0.4, -0.2) is 23.5 Å². The van der Waals surface area contributed by atoms with E-state index in [0.29, 0.717) is 19.4 Å². The molecule has 0 bridgehead atoms. The van der Waals surface area contributed by atoms with Crippen LogP contribution < -0.4 is 5.32 Å². The Morgan fingerprint density at radius 1 is 1.10 bits per heavy atom. The predicted octanol–water partition coefficient (Wildman–Crippen LogP) is 3.11. The minimum Gasteiger partial charge on any atom is -0.481 e. The lowest BCUT2D eigenvalue weighted by Crippen LogP contribution is -2.42. The van der Waals surface area contributed by atoms with Gasteiger partial charge in [-0.05, 0) is 25.2 Å². The van der Waals surface area contributed by atoms with Crippen LogP contribution in [0.5, 0.6) is 0 Å². The summed E-state index contributed by atoms with van der Waals surface area (Å²) in [6.45, 7) is 0.696. The van der Waals surface area contributed by atoms with Crippen molar-refractivity contribution in [3.63, 3.8) is 0 Å². The van der Waals surface area contributed by atoms with Crippen LogP contribution in [-0.2, 0) is 9.59 Å². The molecule has 0 aromatic carbocycles. The normalized spacial score (nSPS) is 21.4. The van der Waals surface area contributed by atoms with Gasteiger partial charge in [-0.1, -0.05) is 44.9 Å². The fourth-order valence-electron chi connectivity index (χ4n) is 3.52. The van der Waals surface area contributed by atoms with Crippen molar-refractivity contribution in [3.8, 4) is 0 Å². The average Bonchev–Trinajstić information content (AvgIpc) is 2.86. The summed E-state index contributed by atoms with van der Waals surface area (Å²) in [6.07, 6.45) is 11.4. The van der Waals surface area contributed by atoms with Crippen LogP contribution in [0.3, 0.4) is 0 Å². The van der Waals surface area contributed by atoms with Gasteiger partial charge in [0, 0.05) is 13.0 Å². The molecule has 0 aliphatic heterocycles. The van der Waals surface area contributed by atoms with E-state index in [4.69, 9.17) is 0 Å². The molecule has 2 fully saturated rings. The number of amides is 1. The van der Waals surface area contributed by atoms with Crippen molar-refractivity contribution in [3.05, 3.63) is 0 Å². The second-order valence-electron chi connectivity index (χ2n) is 6.61. The highest BCUT2D eigenvalue weighted by atomic mass is 16.4. The van der Waals surface area contributed by atoms with Gasteiger partial charge in [0.25, 0.3) is 0 Å². The van der Waals surface area contributed by atoms with Crippen LogP contribution in [0.15, 0.2) is 0 Å². The van der Waals surface area contributed by atoms with Crippen LogP contribution in [0.2, 0.25) is 0 Å². The van der Waals surface area contributed by atoms with Crippen molar-refractivity contribution < 1.29 is 14.7 Å². The lowest BCUT2D eigenvalue weighted by molar-refractivity contribution is -0.157. The fraction of sp³-hybridized carbons (Fsp3) is 0.875. The molecular weight excluding hydrogens is 254 g/mol. The number of hydrogen-bond acceptors (Lipinski definition) is 2. The molecule has 4 nitrogen and oxygen atoms in total. The Labute approximate surface area is 121 Å². The highest BCUT2D eigenvalue weighted by Crippen LogP contribution is 2.44. The zero-order valence-corrected chi connectivity index (χ0v) is 12.3. The summed E-state index contributed by atoms with van der Waals surface area (Å²) < 4.78 is 0. The maximum atomic E-state index is 11.8. The number of carbonyl (C=O) groups excluding carboxylic acids is 1. The summed E-state index contributed by atoms with van der Waals surface area (Å²) in [5.74, 6) is 0.0176. The van der Waals surface area contributed by atoms with Crippen LogP contribution in [0, 0.1) is 11.3 Å². The number of carbonyl (C=O) groups is 2. The number of unbranched alkanes of at least 4 members (excludes halogenated alkanes) is 1. The van der Waals surface area contributed by atoms with Crippen molar-refractivity contribution in [2.24, 2.45) is 11.3 Å². The molecule has 2 N–H and O–H groups in total. The van der Waals surface area contributed by atoms with E-state index < -0.39 is 11.4 Å². The lowest BCUT2D eigenvalue weighted by Gasteiger charge is -2.36. The molecule has 2 aliphatic carbocycles. The lowest BCUT2D eigenvalue weighted by atomic mass is 9.66. The number of aliphatic carboxylic acids is 1. The van der Waals surface area contributed by atoms with E-state index in [0.717, 1.165) is 18.8 Å². The Kier molecular flexibility index (Phi) is 5.44. The predicted molar refractivity (Wildman–Crippen MR) is 77.4 cm³/mol. The van der Waals surface area contributed by atoms with Gasteiger partial charge >= 0.3 is 5.97 Å². The van der Waals surface area contributed by atoms with Gasteiger partial charge in [-0.15, -0.1) is 0 Å². The van der Waals surface area contributed by atoms with Gasteiger partial charge in [0.2, 0.25) is 5.91 Å². The Hall–Kier alpha value is -1.06. The van der Waals surface area contributed by atoms with Crippen molar-refractivity contribution in [1.29, 1.82) is 0 Å². The molecule has 0 aromatic heterocycles. The van der Waals surface area contributed by atoms with E-state index >= 15 is 0 Å². The fourth-order valence-corrected chi connectivity index (χ4v) is 3.52. The summed E-state index contributed by atoms with van der Waals surface area (Å²) in [4.78, 5) is 23.0. The Bertz CT molecular complexity index is 344. The minimum absolute atomic E-state index is 0.0898. The Morgan fingerprint density at radius 3 is 2.35 bits per heavy atom. The maximum Gasteiger partial charge on any atom is 0.310 e. The summed E-state index contributed by atoms with van der Waals surface area (Å²) in [7, 11) is 0. The van der Waals surface area contributed by atoms with Gasteiger partial charge in [-0.3, -0.25) is 9.59 Å². The quantitative estimate of drug-likeness (QED) is 0.672. The number of carboxylic acids is 1. The van der Waals surface area contributed by atoms with Gasteiger partial charge in [0.15, 0.2) is 0 Å². The van der Waals surface area contributed by atoms with E-state index in [1.807, 2.05) is 0 Å². The topological polar surface area (TPSA) is 66.4 Å². The van der Waals surface area contributed by atoms with E-state index in [-0.39, 0.29) is 12.3 Å². The SMILES string of the molecule is O=C(CC1(C(=O)O)CCC1)NCCCCC1CCCC1. The third-order valence-electron chi connectivity index (χ3n) is 5.10. The average molecular weight is 281 g/mol. The van der Waals surface area contributed by atoms with Crippen molar-refractivity contribution in [2.75, 3.05) is 6.54 Å². The van der Waals surface area contributed by atoms with Crippen LogP contribution in [0.25, 0.3) is 0 Å². The second-order valence-corrected chi connectivity index (χ2v) is 6.61. The summed E-state index contributed by atoms with van der Waals surface area (Å²) in [5.41, 5.74) is -0.756. The molecule has 0 atom stereocenters. The van der Waals surface area contributed by atoms with Gasteiger partial charge in [-0.2, -0.15) is 0 Å². The molecule has 4 heteroatoms. The van der Waals surface area contributed by atoms with Crippen LogP contribution in [0.1, 0.15) is 70.6 Å². The molecular formula is C16H27NO3. The molecule has 1 amide bonds. The minimum atomic E-state index is -0.805. The van der Waals surface area contributed by atoms with Crippen LogP contribution in [0.4, 0.5) is 0 Å². The first kappa shape index (κ1) is 15.3. The van der Waals surface area contributed by atoms with E-state index in [1.54, 1.807) is 0 Å². The second kappa shape index (κ2) is 7.09. The Balaban J connectivity index is 1.54. The maximum absolute atomic E-state index is 11.8. The number of rotatable bonds is 8. The highest BCUT2D eigenvalue weighted by molar-refractivity contribution is 5.85. The molecule has 0 unspecified atom stereocenters. The van der Waals surface area contributed by atoms with Gasteiger partial charge in [-0.25, -0.2) is 0 Å². The molecule has 0 radical (unpaired) electrons. The zero-order valence-electron chi connectivity index (χ0n) is 12.3. The molecule has 0 spiro atoms. The largest absolute Gasteiger partial charge is 0.481 e. The molecule has 0 aromatic rings. The van der Waals surface area contributed by atoms with Crippen molar-refractivity contribution in [2.45, 2.75) is 70.6 Å². The highest BCUT2D eigenvalue weighted by Gasteiger charge is 2.45. The van der Waals surface area contributed by atoms with Crippen molar-refractivity contribution >= 4 is 11.9 Å². The molecule has 114 valence electrons. The smallest absolute Gasteiger partial charge is 0.310 e. The first-order valence-corrected chi connectivity index (χ1v) is 8.12. The number of carboxylic acid groups (broad SMARTS) is 1. The third-order valence-corrected chi connectivity index (χ3v) is 5.10. The van der Waals surface area contributed by atoms with Gasteiger partial charge in [0.1, 0.15) is 0 Å².